The molecular formula is C23H20F2N4O. The average molecular weight is 406 g/mol. The van der Waals surface area contributed by atoms with E-state index in [4.69, 9.17) is 5.73 Å². The minimum atomic E-state index is -0.669. The molecule has 2 bridgehead atoms. The minimum Gasteiger partial charge on any atom is -0.364 e. The molecule has 1 amide bonds. The van der Waals surface area contributed by atoms with Gasteiger partial charge in [-0.3, -0.25) is 4.79 Å². The van der Waals surface area contributed by atoms with Crippen molar-refractivity contribution in [2.75, 3.05) is 0 Å². The maximum Gasteiger partial charge on any atom is 0.267 e. The number of pyridine rings is 1. The molecule has 2 aliphatic rings. The van der Waals surface area contributed by atoms with E-state index in [2.05, 4.69) is 29.0 Å². The zero-order chi connectivity index (χ0) is 21.3. The fourth-order valence-corrected chi connectivity index (χ4v) is 5.57. The molecule has 0 saturated heterocycles. The summed E-state index contributed by atoms with van der Waals surface area (Å²) < 4.78 is 28.7. The maximum atomic E-state index is 14.3. The van der Waals surface area contributed by atoms with Gasteiger partial charge in [0.15, 0.2) is 0 Å². The van der Waals surface area contributed by atoms with E-state index in [9.17, 15) is 13.6 Å². The number of fused-ring (bicyclic) bond motifs is 5. The van der Waals surface area contributed by atoms with Gasteiger partial charge in [-0.2, -0.15) is 5.10 Å². The minimum absolute atomic E-state index is 0.135. The SMILES string of the molecule is CC1(C)[C@H]2CC[C@@]1(c1cccc(C(N)=O)n1)c1nnc(-c3c(F)cccc3F)cc12. The number of primary amides is 1. The highest BCUT2D eigenvalue weighted by Gasteiger charge is 2.65. The van der Waals surface area contributed by atoms with Gasteiger partial charge in [-0.05, 0) is 60.1 Å². The van der Waals surface area contributed by atoms with Crippen LogP contribution in [0.3, 0.4) is 0 Å². The van der Waals surface area contributed by atoms with Gasteiger partial charge >= 0.3 is 0 Å². The Balaban J connectivity index is 1.72. The van der Waals surface area contributed by atoms with Gasteiger partial charge in [0.05, 0.1) is 28.1 Å². The standard InChI is InChI=1S/C23H20F2N4O/c1-22(2)13-9-10-23(22,18-8-4-7-16(27-18)21(26)30)20-12(13)11-17(28-29-20)19-14(24)5-3-6-15(19)25/h3-8,11,13H,9-10H2,1-2H3,(H2,26,30)/t13-,23+/m0/s1. The van der Waals surface area contributed by atoms with Crippen molar-refractivity contribution in [2.24, 2.45) is 11.1 Å². The van der Waals surface area contributed by atoms with Crippen LogP contribution in [0.4, 0.5) is 8.78 Å². The first-order valence-corrected chi connectivity index (χ1v) is 9.87. The Bertz CT molecular complexity index is 1190. The Morgan fingerprint density at radius 3 is 2.50 bits per heavy atom. The van der Waals surface area contributed by atoms with Crippen molar-refractivity contribution in [2.45, 2.75) is 38.0 Å². The van der Waals surface area contributed by atoms with Crippen molar-refractivity contribution >= 4 is 5.91 Å². The topological polar surface area (TPSA) is 81.8 Å². The average Bonchev–Trinajstić information content (AvgIpc) is 3.09. The molecule has 5 nitrogen and oxygen atoms in total. The summed E-state index contributed by atoms with van der Waals surface area (Å²) in [5, 5.41) is 8.68. The molecule has 2 N–H and O–H groups in total. The van der Waals surface area contributed by atoms with Gasteiger partial charge in [0.1, 0.15) is 17.3 Å². The maximum absolute atomic E-state index is 14.3. The summed E-state index contributed by atoms with van der Waals surface area (Å²) in [7, 11) is 0. The molecule has 0 radical (unpaired) electrons. The molecular weight excluding hydrogens is 386 g/mol. The van der Waals surface area contributed by atoms with Crippen molar-refractivity contribution in [3.05, 3.63) is 76.7 Å². The fraction of sp³-hybridized carbons (Fsp3) is 0.304. The zero-order valence-corrected chi connectivity index (χ0v) is 16.6. The summed E-state index contributed by atoms with van der Waals surface area (Å²) >= 11 is 0. The molecule has 5 rings (SSSR count). The third-order valence-electron chi connectivity index (χ3n) is 7.04. The van der Waals surface area contributed by atoms with E-state index in [1.807, 2.05) is 6.07 Å². The highest BCUT2D eigenvalue weighted by Crippen LogP contribution is 2.69. The van der Waals surface area contributed by atoms with Crippen LogP contribution in [0.1, 0.15) is 60.0 Å². The predicted octanol–water partition coefficient (Wildman–Crippen LogP) is 4.12. The lowest BCUT2D eigenvalue weighted by Crippen LogP contribution is -2.38. The molecule has 152 valence electrons. The van der Waals surface area contributed by atoms with Gasteiger partial charge in [0, 0.05) is 0 Å². The molecule has 0 unspecified atom stereocenters. The second-order valence-corrected chi connectivity index (χ2v) is 8.62. The molecule has 2 aromatic heterocycles. The lowest BCUT2D eigenvalue weighted by Gasteiger charge is -2.37. The van der Waals surface area contributed by atoms with E-state index in [1.165, 1.54) is 18.2 Å². The smallest absolute Gasteiger partial charge is 0.267 e. The molecule has 2 heterocycles. The number of carbonyl (C=O) groups is 1. The van der Waals surface area contributed by atoms with Gasteiger partial charge in [-0.1, -0.05) is 26.0 Å². The Labute approximate surface area is 172 Å². The Morgan fingerprint density at radius 2 is 1.80 bits per heavy atom. The second kappa shape index (κ2) is 6.14. The molecule has 2 aliphatic carbocycles. The summed E-state index contributed by atoms with van der Waals surface area (Å²) in [6.45, 7) is 4.29. The van der Waals surface area contributed by atoms with Crippen molar-refractivity contribution < 1.29 is 13.6 Å². The van der Waals surface area contributed by atoms with Crippen LogP contribution in [-0.2, 0) is 5.41 Å². The molecule has 1 aromatic carbocycles. The van der Waals surface area contributed by atoms with Crippen molar-refractivity contribution in [1.82, 2.24) is 15.2 Å². The van der Waals surface area contributed by atoms with Gasteiger partial charge in [-0.15, -0.1) is 5.10 Å². The number of carbonyl (C=O) groups excluding carboxylic acids is 1. The van der Waals surface area contributed by atoms with Crippen LogP contribution in [-0.4, -0.2) is 21.1 Å². The van der Waals surface area contributed by atoms with E-state index in [0.717, 1.165) is 29.8 Å². The second-order valence-electron chi connectivity index (χ2n) is 8.62. The molecule has 1 fully saturated rings. The Kier molecular flexibility index (Phi) is 3.84. The summed E-state index contributed by atoms with van der Waals surface area (Å²) in [5.41, 5.74) is 7.28. The number of amides is 1. The molecule has 2 atom stereocenters. The van der Waals surface area contributed by atoms with Crippen LogP contribution in [0.2, 0.25) is 0 Å². The summed E-state index contributed by atoms with van der Waals surface area (Å²) in [6, 6.07) is 10.8. The Morgan fingerprint density at radius 1 is 1.10 bits per heavy atom. The normalized spacial score (nSPS) is 23.4. The van der Waals surface area contributed by atoms with Gasteiger partial charge in [0.25, 0.3) is 5.91 Å². The Hall–Kier alpha value is -3.22. The third kappa shape index (κ3) is 2.26. The third-order valence-corrected chi connectivity index (χ3v) is 7.04. The molecule has 1 saturated carbocycles. The van der Waals surface area contributed by atoms with Gasteiger partial charge in [0.2, 0.25) is 0 Å². The lowest BCUT2D eigenvalue weighted by molar-refractivity contribution is 0.0994. The lowest BCUT2D eigenvalue weighted by atomic mass is 9.66. The molecule has 3 aromatic rings. The van der Waals surface area contributed by atoms with Crippen LogP contribution in [0, 0.1) is 17.0 Å². The number of aromatic nitrogens is 3. The van der Waals surface area contributed by atoms with Crippen molar-refractivity contribution in [3.63, 3.8) is 0 Å². The predicted molar refractivity (Wildman–Crippen MR) is 107 cm³/mol. The molecule has 0 spiro atoms. The van der Waals surface area contributed by atoms with E-state index >= 15 is 0 Å². The van der Waals surface area contributed by atoms with E-state index < -0.39 is 23.0 Å². The number of hydrogen-bond acceptors (Lipinski definition) is 4. The van der Waals surface area contributed by atoms with Crippen LogP contribution in [0.5, 0.6) is 0 Å². The number of nitrogens with zero attached hydrogens (tertiary/aromatic N) is 3. The first-order valence-electron chi connectivity index (χ1n) is 9.87. The van der Waals surface area contributed by atoms with Crippen LogP contribution < -0.4 is 5.73 Å². The zero-order valence-electron chi connectivity index (χ0n) is 16.6. The number of benzene rings is 1. The summed E-state index contributed by atoms with van der Waals surface area (Å²) in [4.78, 5) is 16.3. The number of nitrogens with two attached hydrogens (primary N) is 1. The summed E-state index contributed by atoms with van der Waals surface area (Å²) in [6.07, 6.45) is 1.68. The fourth-order valence-electron chi connectivity index (χ4n) is 5.57. The highest BCUT2D eigenvalue weighted by molar-refractivity contribution is 5.90. The molecule has 30 heavy (non-hydrogen) atoms. The number of hydrogen-bond donors (Lipinski definition) is 1. The number of halogens is 2. The highest BCUT2D eigenvalue weighted by atomic mass is 19.1. The van der Waals surface area contributed by atoms with Gasteiger partial charge in [-0.25, -0.2) is 13.8 Å². The number of rotatable bonds is 3. The molecule has 0 aliphatic heterocycles. The van der Waals surface area contributed by atoms with E-state index in [-0.39, 0.29) is 28.3 Å². The van der Waals surface area contributed by atoms with E-state index in [0.29, 0.717) is 0 Å². The van der Waals surface area contributed by atoms with Crippen molar-refractivity contribution in [3.8, 4) is 11.3 Å². The molecule has 7 heteroatoms. The quantitative estimate of drug-likeness (QED) is 0.709. The van der Waals surface area contributed by atoms with E-state index in [1.54, 1.807) is 18.2 Å². The monoisotopic (exact) mass is 406 g/mol. The van der Waals surface area contributed by atoms with Crippen LogP contribution in [0.25, 0.3) is 11.3 Å². The van der Waals surface area contributed by atoms with Crippen LogP contribution >= 0.6 is 0 Å². The summed E-state index contributed by atoms with van der Waals surface area (Å²) in [5.74, 6) is -1.79. The largest absolute Gasteiger partial charge is 0.364 e. The van der Waals surface area contributed by atoms with Crippen LogP contribution in [0.15, 0.2) is 42.5 Å². The van der Waals surface area contributed by atoms with Crippen molar-refractivity contribution in [1.29, 1.82) is 0 Å². The van der Waals surface area contributed by atoms with Gasteiger partial charge < -0.3 is 5.73 Å². The first-order chi connectivity index (χ1) is 14.3. The first kappa shape index (κ1) is 18.8.